The van der Waals surface area contributed by atoms with Crippen molar-refractivity contribution in [1.82, 2.24) is 0 Å². The summed E-state index contributed by atoms with van der Waals surface area (Å²) in [6.45, 7) is 1.41. The zero-order chi connectivity index (χ0) is 16.8. The molecule has 0 heterocycles. The van der Waals surface area contributed by atoms with Crippen LogP contribution in [0.4, 0.5) is 14.5 Å². The number of nitrogens with one attached hydrogen (secondary N) is 1. The summed E-state index contributed by atoms with van der Waals surface area (Å²) in [4.78, 5) is 23.2. The molecule has 0 aliphatic carbocycles. The van der Waals surface area contributed by atoms with Crippen LogP contribution in [0.25, 0.3) is 0 Å². The smallest absolute Gasteiger partial charge is 0.310 e. The lowest BCUT2D eigenvalue weighted by Gasteiger charge is -2.07. The first-order valence-corrected chi connectivity index (χ1v) is 6.89. The Morgan fingerprint density at radius 1 is 1.04 bits per heavy atom. The van der Waals surface area contributed by atoms with Crippen molar-refractivity contribution < 1.29 is 23.1 Å². The van der Waals surface area contributed by atoms with Crippen LogP contribution in [0.1, 0.15) is 11.1 Å². The molecule has 2 aromatic carbocycles. The average Bonchev–Trinajstić information content (AvgIpc) is 2.46. The van der Waals surface area contributed by atoms with Gasteiger partial charge in [0.1, 0.15) is 11.6 Å². The van der Waals surface area contributed by atoms with Gasteiger partial charge in [-0.3, -0.25) is 9.59 Å². The fourth-order valence-corrected chi connectivity index (χ4v) is 1.89. The highest BCUT2D eigenvalue weighted by Crippen LogP contribution is 2.12. The molecular formula is C17H15F2NO3. The molecule has 1 N–H and O–H groups in total. The van der Waals surface area contributed by atoms with Crippen molar-refractivity contribution in [2.75, 3.05) is 11.9 Å². The van der Waals surface area contributed by atoms with Crippen molar-refractivity contribution in [3.8, 4) is 0 Å². The molecule has 120 valence electrons. The van der Waals surface area contributed by atoms with Crippen LogP contribution in [0.15, 0.2) is 42.5 Å². The van der Waals surface area contributed by atoms with Crippen LogP contribution < -0.4 is 5.32 Å². The van der Waals surface area contributed by atoms with Crippen molar-refractivity contribution in [2.45, 2.75) is 13.3 Å². The molecule has 2 rings (SSSR count). The van der Waals surface area contributed by atoms with Crippen molar-refractivity contribution in [2.24, 2.45) is 0 Å². The van der Waals surface area contributed by atoms with Crippen LogP contribution in [0.5, 0.6) is 0 Å². The normalized spacial score (nSPS) is 10.2. The lowest BCUT2D eigenvalue weighted by atomic mass is 10.1. The van der Waals surface area contributed by atoms with Crippen molar-refractivity contribution >= 4 is 17.6 Å². The molecule has 0 fully saturated rings. The molecule has 0 aliphatic rings. The van der Waals surface area contributed by atoms with E-state index in [1.165, 1.54) is 0 Å². The SMILES string of the molecule is Cc1ccc(CC(=O)OCC(=O)Nc2cc(F)cc(F)c2)cc1. The summed E-state index contributed by atoms with van der Waals surface area (Å²) >= 11 is 0. The number of benzene rings is 2. The predicted octanol–water partition coefficient (Wildman–Crippen LogP) is 3.00. The second kappa shape index (κ2) is 7.49. The fourth-order valence-electron chi connectivity index (χ4n) is 1.89. The van der Waals surface area contributed by atoms with E-state index in [4.69, 9.17) is 4.74 Å². The zero-order valence-electron chi connectivity index (χ0n) is 12.4. The standard InChI is InChI=1S/C17H15F2NO3/c1-11-2-4-12(5-3-11)6-17(22)23-10-16(21)20-15-8-13(18)7-14(19)9-15/h2-5,7-9H,6,10H2,1H3,(H,20,21). The first kappa shape index (κ1) is 16.6. The third-order valence-electron chi connectivity index (χ3n) is 2.98. The molecule has 0 saturated carbocycles. The molecule has 0 aromatic heterocycles. The number of amides is 1. The van der Waals surface area contributed by atoms with Crippen molar-refractivity contribution in [3.05, 3.63) is 65.2 Å². The van der Waals surface area contributed by atoms with Crippen molar-refractivity contribution in [1.29, 1.82) is 0 Å². The Labute approximate surface area is 132 Å². The summed E-state index contributed by atoms with van der Waals surface area (Å²) in [7, 11) is 0. The second-order valence-corrected chi connectivity index (χ2v) is 5.03. The summed E-state index contributed by atoms with van der Waals surface area (Å²) in [5.74, 6) is -2.85. The monoisotopic (exact) mass is 319 g/mol. The number of aryl methyl sites for hydroxylation is 1. The Morgan fingerprint density at radius 2 is 1.65 bits per heavy atom. The predicted molar refractivity (Wildman–Crippen MR) is 80.8 cm³/mol. The molecule has 0 radical (unpaired) electrons. The van der Waals surface area contributed by atoms with Crippen LogP contribution >= 0.6 is 0 Å². The maximum absolute atomic E-state index is 13.0. The number of hydrogen-bond acceptors (Lipinski definition) is 3. The maximum Gasteiger partial charge on any atom is 0.310 e. The van der Waals surface area contributed by atoms with E-state index in [2.05, 4.69) is 5.32 Å². The van der Waals surface area contributed by atoms with Crippen LogP contribution in [-0.2, 0) is 20.7 Å². The van der Waals surface area contributed by atoms with E-state index >= 15 is 0 Å². The number of esters is 1. The number of carbonyl (C=O) groups excluding carboxylic acids is 2. The first-order valence-electron chi connectivity index (χ1n) is 6.89. The van der Waals surface area contributed by atoms with Crippen molar-refractivity contribution in [3.63, 3.8) is 0 Å². The summed E-state index contributed by atoms with van der Waals surface area (Å²) in [6.07, 6.45) is 0.0438. The molecule has 6 heteroatoms. The number of halogens is 2. The third kappa shape index (κ3) is 5.50. The molecule has 0 spiro atoms. The Hall–Kier alpha value is -2.76. The minimum absolute atomic E-state index is 0.0397. The van der Waals surface area contributed by atoms with E-state index in [1.54, 1.807) is 12.1 Å². The van der Waals surface area contributed by atoms with Gasteiger partial charge in [0.25, 0.3) is 5.91 Å². The van der Waals surface area contributed by atoms with Gasteiger partial charge in [0.05, 0.1) is 6.42 Å². The zero-order valence-corrected chi connectivity index (χ0v) is 12.4. The number of hydrogen-bond donors (Lipinski definition) is 1. The van der Waals surface area contributed by atoms with E-state index in [0.717, 1.165) is 23.3 Å². The molecule has 0 aliphatic heterocycles. The highest BCUT2D eigenvalue weighted by Gasteiger charge is 2.10. The molecular weight excluding hydrogens is 304 g/mol. The van der Waals surface area contributed by atoms with Gasteiger partial charge in [-0.2, -0.15) is 0 Å². The third-order valence-corrected chi connectivity index (χ3v) is 2.98. The van der Waals surface area contributed by atoms with E-state index < -0.39 is 30.1 Å². The summed E-state index contributed by atoms with van der Waals surface area (Å²) in [6, 6.07) is 9.96. The van der Waals surface area contributed by atoms with E-state index in [9.17, 15) is 18.4 Å². The van der Waals surface area contributed by atoms with Gasteiger partial charge in [-0.25, -0.2) is 8.78 Å². The molecule has 0 atom stereocenters. The van der Waals surface area contributed by atoms with Crippen LogP contribution in [-0.4, -0.2) is 18.5 Å². The lowest BCUT2D eigenvalue weighted by molar-refractivity contribution is -0.146. The molecule has 0 bridgehead atoms. The minimum Gasteiger partial charge on any atom is -0.455 e. The summed E-state index contributed by atoms with van der Waals surface area (Å²) in [5, 5.41) is 2.25. The number of rotatable bonds is 5. The Kier molecular flexibility index (Phi) is 5.41. The first-order chi connectivity index (χ1) is 10.9. The number of carbonyl (C=O) groups is 2. The van der Waals surface area contributed by atoms with Gasteiger partial charge >= 0.3 is 5.97 Å². The summed E-state index contributed by atoms with van der Waals surface area (Å²) in [5.41, 5.74) is 1.80. The van der Waals surface area contributed by atoms with Crippen LogP contribution in [0.2, 0.25) is 0 Å². The quantitative estimate of drug-likeness (QED) is 0.862. The molecule has 2 aromatic rings. The fraction of sp³-hybridized carbons (Fsp3) is 0.176. The van der Waals surface area contributed by atoms with Gasteiger partial charge < -0.3 is 10.1 Å². The van der Waals surface area contributed by atoms with E-state index in [-0.39, 0.29) is 12.1 Å². The lowest BCUT2D eigenvalue weighted by Crippen LogP contribution is -2.21. The highest BCUT2D eigenvalue weighted by molar-refractivity contribution is 5.92. The Balaban J connectivity index is 1.81. The van der Waals surface area contributed by atoms with E-state index in [1.807, 2.05) is 19.1 Å². The van der Waals surface area contributed by atoms with Crippen LogP contribution in [0, 0.1) is 18.6 Å². The van der Waals surface area contributed by atoms with Crippen LogP contribution in [0.3, 0.4) is 0 Å². The van der Waals surface area contributed by atoms with E-state index in [0.29, 0.717) is 6.07 Å². The van der Waals surface area contributed by atoms with Gasteiger partial charge in [-0.15, -0.1) is 0 Å². The summed E-state index contributed by atoms with van der Waals surface area (Å²) < 4.78 is 30.8. The molecule has 0 saturated heterocycles. The molecule has 0 unspecified atom stereocenters. The van der Waals surface area contributed by atoms with Gasteiger partial charge in [-0.1, -0.05) is 29.8 Å². The molecule has 1 amide bonds. The van der Waals surface area contributed by atoms with Gasteiger partial charge in [0.2, 0.25) is 0 Å². The number of anilines is 1. The maximum atomic E-state index is 13.0. The average molecular weight is 319 g/mol. The number of ether oxygens (including phenoxy) is 1. The van der Waals surface area contributed by atoms with Gasteiger partial charge in [-0.05, 0) is 24.6 Å². The van der Waals surface area contributed by atoms with Gasteiger partial charge in [0, 0.05) is 11.8 Å². The Morgan fingerprint density at radius 3 is 2.26 bits per heavy atom. The molecule has 23 heavy (non-hydrogen) atoms. The van der Waals surface area contributed by atoms with Gasteiger partial charge in [0.15, 0.2) is 6.61 Å². The topological polar surface area (TPSA) is 55.4 Å². The highest BCUT2D eigenvalue weighted by atomic mass is 19.1. The Bertz CT molecular complexity index is 694. The minimum atomic E-state index is -0.809. The largest absolute Gasteiger partial charge is 0.455 e. The molecule has 4 nitrogen and oxygen atoms in total. The second-order valence-electron chi connectivity index (χ2n) is 5.03.